The van der Waals surface area contributed by atoms with E-state index in [0.717, 1.165) is 77.0 Å². The molecule has 1 atom stereocenters. The Balaban J connectivity index is 4.31. The molecule has 0 aromatic rings. The molecule has 0 radical (unpaired) electrons. The maximum Gasteiger partial charge on any atom is 0.306 e. The third-order valence-electron chi connectivity index (χ3n) is 15.5. The standard InChI is InChI=1S/C73H132O6/c1-4-7-10-13-16-19-22-25-28-30-32-34-35-36-37-39-40-42-45-48-51-54-57-60-63-66-72(75)78-69-70(68-77-71(74)65-62-59-56-53-50-47-44-27-24-21-18-15-12-9-6-3)79-73(76)67-64-61-58-55-52-49-46-43-41-38-33-31-29-26-23-20-17-14-11-8-5-2/h22-23,25-27,30-33,44,70H,4-21,24,28-29,34-43,45-69H2,1-3H3/b25-22-,26-23-,32-30-,33-31-,44-27-. The van der Waals surface area contributed by atoms with Gasteiger partial charge in [-0.2, -0.15) is 0 Å². The van der Waals surface area contributed by atoms with E-state index in [2.05, 4.69) is 81.5 Å². The van der Waals surface area contributed by atoms with Crippen molar-refractivity contribution in [1.82, 2.24) is 0 Å². The van der Waals surface area contributed by atoms with E-state index in [4.69, 9.17) is 14.2 Å². The minimum absolute atomic E-state index is 0.0764. The van der Waals surface area contributed by atoms with Gasteiger partial charge in [0.15, 0.2) is 6.10 Å². The molecule has 0 saturated heterocycles. The number of esters is 3. The Labute approximate surface area is 491 Å². The molecule has 0 saturated carbocycles. The summed E-state index contributed by atoms with van der Waals surface area (Å²) in [6.07, 6.45) is 86.6. The summed E-state index contributed by atoms with van der Waals surface area (Å²) in [5, 5.41) is 0. The number of rotatable bonds is 64. The van der Waals surface area contributed by atoms with Gasteiger partial charge < -0.3 is 14.2 Å². The van der Waals surface area contributed by atoms with Crippen LogP contribution in [0, 0.1) is 0 Å². The maximum absolute atomic E-state index is 12.9. The molecule has 0 rings (SSSR count). The molecule has 1 unspecified atom stereocenters. The van der Waals surface area contributed by atoms with E-state index < -0.39 is 6.10 Å². The molecule has 0 aliphatic carbocycles. The van der Waals surface area contributed by atoms with Crippen LogP contribution in [0.1, 0.15) is 367 Å². The van der Waals surface area contributed by atoms with Crippen LogP contribution in [0.25, 0.3) is 0 Å². The van der Waals surface area contributed by atoms with Gasteiger partial charge in [-0.25, -0.2) is 0 Å². The van der Waals surface area contributed by atoms with Crippen LogP contribution in [-0.2, 0) is 28.6 Å². The summed E-state index contributed by atoms with van der Waals surface area (Å²) in [6.45, 7) is 6.66. The van der Waals surface area contributed by atoms with Crippen molar-refractivity contribution >= 4 is 17.9 Å². The summed E-state index contributed by atoms with van der Waals surface area (Å²) < 4.78 is 17.0. The molecule has 0 aromatic heterocycles. The topological polar surface area (TPSA) is 78.9 Å². The van der Waals surface area contributed by atoms with Gasteiger partial charge in [-0.15, -0.1) is 0 Å². The Morgan fingerprint density at radius 1 is 0.253 bits per heavy atom. The van der Waals surface area contributed by atoms with Gasteiger partial charge in [0.2, 0.25) is 0 Å². The monoisotopic (exact) mass is 1110 g/mol. The summed E-state index contributed by atoms with van der Waals surface area (Å²) in [7, 11) is 0. The Kier molecular flexibility index (Phi) is 65.1. The van der Waals surface area contributed by atoms with E-state index in [1.54, 1.807) is 0 Å². The lowest BCUT2D eigenvalue weighted by molar-refractivity contribution is -0.167. The van der Waals surface area contributed by atoms with Crippen molar-refractivity contribution in [2.24, 2.45) is 0 Å². The lowest BCUT2D eigenvalue weighted by atomic mass is 10.0. The highest BCUT2D eigenvalue weighted by Gasteiger charge is 2.19. The Morgan fingerprint density at radius 2 is 0.456 bits per heavy atom. The number of hydrogen-bond donors (Lipinski definition) is 0. The van der Waals surface area contributed by atoms with Gasteiger partial charge in [-0.3, -0.25) is 14.4 Å². The van der Waals surface area contributed by atoms with E-state index in [0.29, 0.717) is 19.3 Å². The fourth-order valence-electron chi connectivity index (χ4n) is 10.2. The van der Waals surface area contributed by atoms with Crippen molar-refractivity contribution in [2.45, 2.75) is 374 Å². The number of ether oxygens (including phenoxy) is 3. The average molecular weight is 1110 g/mol. The number of carbonyl (C=O) groups is 3. The van der Waals surface area contributed by atoms with Crippen LogP contribution in [0.4, 0.5) is 0 Å². The van der Waals surface area contributed by atoms with Gasteiger partial charge >= 0.3 is 17.9 Å². The summed E-state index contributed by atoms with van der Waals surface area (Å²) in [4.78, 5) is 38.4. The van der Waals surface area contributed by atoms with Gasteiger partial charge in [0.1, 0.15) is 13.2 Å². The number of unbranched alkanes of at least 4 members (excludes halogenated alkanes) is 43. The third-order valence-corrected chi connectivity index (χ3v) is 15.5. The van der Waals surface area contributed by atoms with Crippen molar-refractivity contribution in [3.8, 4) is 0 Å². The van der Waals surface area contributed by atoms with Crippen molar-refractivity contribution in [3.63, 3.8) is 0 Å². The van der Waals surface area contributed by atoms with Crippen LogP contribution >= 0.6 is 0 Å². The first-order valence-corrected chi connectivity index (χ1v) is 34.8. The Hall–Kier alpha value is -2.89. The first kappa shape index (κ1) is 76.1. The predicted molar refractivity (Wildman–Crippen MR) is 344 cm³/mol. The first-order chi connectivity index (χ1) is 39.0. The minimum atomic E-state index is -0.781. The van der Waals surface area contributed by atoms with Gasteiger partial charge in [-0.05, 0) is 109 Å². The molecule has 0 bridgehead atoms. The number of allylic oxidation sites excluding steroid dienone is 10. The number of carbonyl (C=O) groups excluding carboxylic acids is 3. The highest BCUT2D eigenvalue weighted by molar-refractivity contribution is 5.71. The van der Waals surface area contributed by atoms with Gasteiger partial charge in [0.05, 0.1) is 0 Å². The second-order valence-corrected chi connectivity index (χ2v) is 23.4. The lowest BCUT2D eigenvalue weighted by Crippen LogP contribution is -2.30. The van der Waals surface area contributed by atoms with E-state index in [1.807, 2.05) is 0 Å². The van der Waals surface area contributed by atoms with Crippen LogP contribution < -0.4 is 0 Å². The first-order valence-electron chi connectivity index (χ1n) is 34.8. The van der Waals surface area contributed by atoms with Crippen molar-refractivity contribution in [1.29, 1.82) is 0 Å². The van der Waals surface area contributed by atoms with Crippen LogP contribution in [0.2, 0.25) is 0 Å². The quantitative estimate of drug-likeness (QED) is 0.0261. The fourth-order valence-corrected chi connectivity index (χ4v) is 10.2. The smallest absolute Gasteiger partial charge is 0.306 e. The molecule has 6 nitrogen and oxygen atoms in total. The van der Waals surface area contributed by atoms with Crippen molar-refractivity contribution in [3.05, 3.63) is 60.8 Å². The van der Waals surface area contributed by atoms with Gasteiger partial charge in [0.25, 0.3) is 0 Å². The van der Waals surface area contributed by atoms with E-state index in [-0.39, 0.29) is 31.1 Å². The molecule has 0 spiro atoms. The van der Waals surface area contributed by atoms with Crippen LogP contribution in [0.3, 0.4) is 0 Å². The largest absolute Gasteiger partial charge is 0.462 e. The molecule has 0 N–H and O–H groups in total. The Morgan fingerprint density at radius 3 is 0.709 bits per heavy atom. The van der Waals surface area contributed by atoms with Crippen molar-refractivity contribution < 1.29 is 28.6 Å². The fraction of sp³-hybridized carbons (Fsp3) is 0.822. The SMILES string of the molecule is CCCCCCC/C=C\C/C=C\CCCCCCCCCCCCCCCC(=O)OCC(COC(=O)CCCCCCC/C=C\CCCCCCCC)OC(=O)CCCCCCCCCCC/C=C\C/C=C\CCCCCCC. The average Bonchev–Trinajstić information content (AvgIpc) is 3.45. The summed E-state index contributed by atoms with van der Waals surface area (Å²) in [5.41, 5.74) is 0. The molecule has 6 heteroatoms. The van der Waals surface area contributed by atoms with E-state index in [9.17, 15) is 14.4 Å². The zero-order valence-corrected chi connectivity index (χ0v) is 52.9. The molecule has 0 heterocycles. The molecule has 0 amide bonds. The van der Waals surface area contributed by atoms with Crippen molar-refractivity contribution in [2.75, 3.05) is 13.2 Å². The van der Waals surface area contributed by atoms with Crippen LogP contribution in [-0.4, -0.2) is 37.2 Å². The summed E-state index contributed by atoms with van der Waals surface area (Å²) in [6, 6.07) is 0. The van der Waals surface area contributed by atoms with Crippen LogP contribution in [0.5, 0.6) is 0 Å². The molecule has 460 valence electrons. The highest BCUT2D eigenvalue weighted by atomic mass is 16.6. The molecule has 0 aliphatic rings. The number of hydrogen-bond acceptors (Lipinski definition) is 6. The zero-order chi connectivity index (χ0) is 57.1. The molecule has 0 aromatic carbocycles. The predicted octanol–water partition coefficient (Wildman–Crippen LogP) is 23.9. The normalized spacial score (nSPS) is 12.4. The van der Waals surface area contributed by atoms with Gasteiger partial charge in [0, 0.05) is 19.3 Å². The minimum Gasteiger partial charge on any atom is -0.462 e. The van der Waals surface area contributed by atoms with Gasteiger partial charge in [-0.1, -0.05) is 300 Å². The maximum atomic E-state index is 12.9. The molecular weight excluding hydrogens is 973 g/mol. The third kappa shape index (κ3) is 65.8. The van der Waals surface area contributed by atoms with Crippen LogP contribution in [0.15, 0.2) is 60.8 Å². The van der Waals surface area contributed by atoms with E-state index in [1.165, 1.54) is 250 Å². The highest BCUT2D eigenvalue weighted by Crippen LogP contribution is 2.17. The Bertz CT molecular complexity index is 1410. The molecule has 0 aliphatic heterocycles. The lowest BCUT2D eigenvalue weighted by Gasteiger charge is -2.18. The molecular formula is C73H132O6. The summed E-state index contributed by atoms with van der Waals surface area (Å²) >= 11 is 0. The second-order valence-electron chi connectivity index (χ2n) is 23.4. The summed E-state index contributed by atoms with van der Waals surface area (Å²) in [5.74, 6) is -0.869. The molecule has 79 heavy (non-hydrogen) atoms. The zero-order valence-electron chi connectivity index (χ0n) is 52.9. The molecule has 0 fully saturated rings. The second kappa shape index (κ2) is 67.6. The van der Waals surface area contributed by atoms with E-state index >= 15 is 0 Å².